The number of carbonyl (C=O) groups excluding carboxylic acids is 2. The molecule has 0 saturated heterocycles. The van der Waals surface area contributed by atoms with Crippen molar-refractivity contribution in [3.63, 3.8) is 0 Å². The van der Waals surface area contributed by atoms with Gasteiger partial charge in [0.15, 0.2) is 6.61 Å². The van der Waals surface area contributed by atoms with E-state index in [-0.39, 0.29) is 17.1 Å². The fourth-order valence-corrected chi connectivity index (χ4v) is 3.31. The average Bonchev–Trinajstić information content (AvgIpc) is 3.12. The van der Waals surface area contributed by atoms with Crippen molar-refractivity contribution in [1.29, 1.82) is 0 Å². The Hall–Kier alpha value is -3.38. The molecule has 0 aliphatic rings. The Morgan fingerprint density at radius 1 is 1.10 bits per heavy atom. The van der Waals surface area contributed by atoms with Crippen molar-refractivity contribution in [2.45, 2.75) is 6.42 Å². The number of fused-ring (bicyclic) bond motifs is 3. The number of ether oxygens (including phenoxy) is 1. The van der Waals surface area contributed by atoms with Crippen LogP contribution in [-0.2, 0) is 20.7 Å². The number of hydrogen-bond acceptors (Lipinski definition) is 4. The number of hydrogen-bond donors (Lipinski definition) is 1. The van der Waals surface area contributed by atoms with Crippen LogP contribution in [0.2, 0.25) is 5.02 Å². The number of esters is 1. The number of carbonyl (C=O) groups is 2. The van der Waals surface area contributed by atoms with Gasteiger partial charge in [-0.3, -0.25) is 9.59 Å². The second-order valence-electron chi connectivity index (χ2n) is 6.43. The van der Waals surface area contributed by atoms with Crippen LogP contribution in [0.4, 0.5) is 10.1 Å². The van der Waals surface area contributed by atoms with E-state index in [2.05, 4.69) is 5.32 Å². The number of anilines is 1. The fourth-order valence-electron chi connectivity index (χ4n) is 3.14. The van der Waals surface area contributed by atoms with Gasteiger partial charge in [-0.15, -0.1) is 0 Å². The van der Waals surface area contributed by atoms with Gasteiger partial charge in [-0.2, -0.15) is 0 Å². The molecule has 0 bridgehead atoms. The average molecular weight is 412 g/mol. The van der Waals surface area contributed by atoms with Crippen LogP contribution in [0.25, 0.3) is 21.7 Å². The van der Waals surface area contributed by atoms with Gasteiger partial charge in [-0.05, 0) is 35.0 Å². The molecule has 0 radical (unpaired) electrons. The Labute approximate surface area is 170 Å². The highest BCUT2D eigenvalue weighted by Crippen LogP contribution is 2.30. The molecule has 1 amide bonds. The molecule has 1 aromatic heterocycles. The lowest BCUT2D eigenvalue weighted by atomic mass is 10.0. The Morgan fingerprint density at radius 3 is 2.79 bits per heavy atom. The summed E-state index contributed by atoms with van der Waals surface area (Å²) in [6.07, 6.45) is 1.46. The van der Waals surface area contributed by atoms with Crippen LogP contribution < -0.4 is 5.32 Å². The second-order valence-corrected chi connectivity index (χ2v) is 6.87. The number of furan rings is 1. The molecule has 0 spiro atoms. The number of nitrogens with one attached hydrogen (secondary N) is 1. The summed E-state index contributed by atoms with van der Waals surface area (Å²) in [6, 6.07) is 15.4. The molecular weight excluding hydrogens is 397 g/mol. The van der Waals surface area contributed by atoms with E-state index in [0.717, 1.165) is 22.2 Å². The van der Waals surface area contributed by atoms with E-state index in [1.54, 1.807) is 0 Å². The molecule has 3 aromatic carbocycles. The lowest BCUT2D eigenvalue weighted by Gasteiger charge is -2.08. The maximum absolute atomic E-state index is 13.7. The third-order valence-electron chi connectivity index (χ3n) is 4.44. The van der Waals surface area contributed by atoms with Crippen LogP contribution >= 0.6 is 11.6 Å². The largest absolute Gasteiger partial charge is 0.464 e. The van der Waals surface area contributed by atoms with Gasteiger partial charge < -0.3 is 14.5 Å². The van der Waals surface area contributed by atoms with Gasteiger partial charge >= 0.3 is 5.97 Å². The van der Waals surface area contributed by atoms with E-state index in [1.807, 2.05) is 36.4 Å². The van der Waals surface area contributed by atoms with E-state index in [9.17, 15) is 14.0 Å². The molecule has 0 atom stereocenters. The van der Waals surface area contributed by atoms with Crippen LogP contribution in [0.1, 0.15) is 5.56 Å². The van der Waals surface area contributed by atoms with Gasteiger partial charge in [0.1, 0.15) is 11.4 Å². The van der Waals surface area contributed by atoms with Crippen molar-refractivity contribution in [1.82, 2.24) is 0 Å². The van der Waals surface area contributed by atoms with Crippen LogP contribution in [0, 0.1) is 5.82 Å². The number of benzene rings is 3. The Bertz CT molecular complexity index is 1230. The summed E-state index contributed by atoms with van der Waals surface area (Å²) in [4.78, 5) is 24.2. The van der Waals surface area contributed by atoms with Gasteiger partial charge in [0.25, 0.3) is 5.91 Å². The lowest BCUT2D eigenvalue weighted by molar-refractivity contribution is -0.146. The SMILES string of the molecule is O=C(COC(=O)Cc1coc2ccc3ccccc3c12)Nc1cc(Cl)ccc1F. The first kappa shape index (κ1) is 19.0. The minimum absolute atomic E-state index is 0.0557. The predicted molar refractivity (Wildman–Crippen MR) is 108 cm³/mol. The summed E-state index contributed by atoms with van der Waals surface area (Å²) in [6.45, 7) is -0.540. The molecule has 29 heavy (non-hydrogen) atoms. The minimum atomic E-state index is -0.665. The highest BCUT2D eigenvalue weighted by molar-refractivity contribution is 6.30. The van der Waals surface area contributed by atoms with Crippen molar-refractivity contribution in [2.24, 2.45) is 0 Å². The maximum Gasteiger partial charge on any atom is 0.310 e. The summed E-state index contributed by atoms with van der Waals surface area (Å²) in [5.74, 6) is -1.89. The summed E-state index contributed by atoms with van der Waals surface area (Å²) < 4.78 is 24.2. The molecule has 1 N–H and O–H groups in total. The van der Waals surface area contributed by atoms with Gasteiger partial charge in [-0.1, -0.05) is 41.9 Å². The zero-order valence-corrected chi connectivity index (χ0v) is 15.8. The molecule has 7 heteroatoms. The fraction of sp³-hybridized carbons (Fsp3) is 0.0909. The number of amides is 1. The third-order valence-corrected chi connectivity index (χ3v) is 4.68. The predicted octanol–water partition coefficient (Wildman–Crippen LogP) is 5.10. The molecule has 1 heterocycles. The molecule has 0 fully saturated rings. The molecule has 0 aliphatic heterocycles. The summed E-state index contributed by atoms with van der Waals surface area (Å²) >= 11 is 5.78. The van der Waals surface area contributed by atoms with E-state index in [0.29, 0.717) is 11.1 Å². The lowest BCUT2D eigenvalue weighted by Crippen LogP contribution is -2.22. The van der Waals surface area contributed by atoms with Crippen LogP contribution in [0.5, 0.6) is 0 Å². The van der Waals surface area contributed by atoms with E-state index < -0.39 is 24.3 Å². The smallest absolute Gasteiger partial charge is 0.310 e. The van der Waals surface area contributed by atoms with Crippen LogP contribution in [0.3, 0.4) is 0 Å². The zero-order valence-electron chi connectivity index (χ0n) is 15.1. The molecule has 4 rings (SSSR count). The van der Waals surface area contributed by atoms with Gasteiger partial charge in [0.2, 0.25) is 0 Å². The monoisotopic (exact) mass is 411 g/mol. The molecule has 5 nitrogen and oxygen atoms in total. The number of rotatable bonds is 5. The highest BCUT2D eigenvalue weighted by atomic mass is 35.5. The quantitative estimate of drug-likeness (QED) is 0.464. The van der Waals surface area contributed by atoms with Gasteiger partial charge in [0, 0.05) is 16.0 Å². The van der Waals surface area contributed by atoms with Crippen molar-refractivity contribution in [3.05, 3.63) is 77.3 Å². The second kappa shape index (κ2) is 7.93. The van der Waals surface area contributed by atoms with Gasteiger partial charge in [0.05, 0.1) is 18.4 Å². The van der Waals surface area contributed by atoms with Crippen molar-refractivity contribution < 1.29 is 23.1 Å². The Morgan fingerprint density at radius 2 is 1.93 bits per heavy atom. The molecule has 146 valence electrons. The topological polar surface area (TPSA) is 68.5 Å². The summed E-state index contributed by atoms with van der Waals surface area (Å²) in [7, 11) is 0. The van der Waals surface area contributed by atoms with E-state index in [1.165, 1.54) is 18.4 Å². The first-order valence-corrected chi connectivity index (χ1v) is 9.17. The molecule has 0 saturated carbocycles. The molecule has 0 unspecified atom stereocenters. The summed E-state index contributed by atoms with van der Waals surface area (Å²) in [5.41, 5.74) is 1.26. The van der Waals surface area contributed by atoms with E-state index in [4.69, 9.17) is 20.8 Å². The van der Waals surface area contributed by atoms with Crippen molar-refractivity contribution >= 4 is 50.9 Å². The van der Waals surface area contributed by atoms with Crippen molar-refractivity contribution in [2.75, 3.05) is 11.9 Å². The minimum Gasteiger partial charge on any atom is -0.464 e. The first-order valence-electron chi connectivity index (χ1n) is 8.79. The molecule has 0 aliphatic carbocycles. The Kier molecular flexibility index (Phi) is 5.18. The number of halogens is 2. The van der Waals surface area contributed by atoms with Crippen LogP contribution in [-0.4, -0.2) is 18.5 Å². The van der Waals surface area contributed by atoms with Crippen molar-refractivity contribution in [3.8, 4) is 0 Å². The molecular formula is C22H15ClFNO4. The standard InChI is InChI=1S/C22H15ClFNO4/c23-15-6-7-17(24)18(10-15)25-20(26)12-29-21(27)9-14-11-28-19-8-5-13-3-1-2-4-16(13)22(14)19/h1-8,10-11H,9,12H2,(H,25,26). The first-order chi connectivity index (χ1) is 14.0. The zero-order chi connectivity index (χ0) is 20.4. The Balaban J connectivity index is 1.43. The summed E-state index contributed by atoms with van der Waals surface area (Å²) in [5, 5.41) is 5.43. The van der Waals surface area contributed by atoms with Gasteiger partial charge in [-0.25, -0.2) is 4.39 Å². The van der Waals surface area contributed by atoms with E-state index >= 15 is 0 Å². The highest BCUT2D eigenvalue weighted by Gasteiger charge is 2.16. The molecule has 4 aromatic rings. The third kappa shape index (κ3) is 4.07. The van der Waals surface area contributed by atoms with Crippen LogP contribution in [0.15, 0.2) is 65.3 Å². The maximum atomic E-state index is 13.7. The normalized spacial score (nSPS) is 11.0.